The SMILES string of the molecule is N=N/C(=C\Nc1ccc(OCCC2CCNCC2)cc1)c1cc2cc(F)ccc2[nH]c1=O. The minimum Gasteiger partial charge on any atom is -0.494 e. The van der Waals surface area contributed by atoms with Crippen LogP contribution in [0.15, 0.2) is 64.6 Å². The van der Waals surface area contributed by atoms with Gasteiger partial charge in [-0.3, -0.25) is 4.79 Å². The molecule has 166 valence electrons. The lowest BCUT2D eigenvalue weighted by Gasteiger charge is -2.22. The number of piperidine rings is 1. The second kappa shape index (κ2) is 10.2. The van der Waals surface area contributed by atoms with Crippen molar-refractivity contribution >= 4 is 22.3 Å². The zero-order valence-corrected chi connectivity index (χ0v) is 17.7. The van der Waals surface area contributed by atoms with E-state index < -0.39 is 11.4 Å². The highest BCUT2D eigenvalue weighted by Crippen LogP contribution is 2.21. The van der Waals surface area contributed by atoms with Crippen LogP contribution in [0.1, 0.15) is 24.8 Å². The van der Waals surface area contributed by atoms with Gasteiger partial charge >= 0.3 is 0 Å². The summed E-state index contributed by atoms with van der Waals surface area (Å²) in [6.07, 6.45) is 4.95. The van der Waals surface area contributed by atoms with E-state index in [0.29, 0.717) is 17.5 Å². The van der Waals surface area contributed by atoms with Gasteiger partial charge in [-0.05, 0) is 86.8 Å². The van der Waals surface area contributed by atoms with E-state index in [0.717, 1.165) is 36.9 Å². The lowest BCUT2D eigenvalue weighted by molar-refractivity contribution is 0.252. The Balaban J connectivity index is 1.40. The van der Waals surface area contributed by atoms with E-state index in [-0.39, 0.29) is 11.3 Å². The lowest BCUT2D eigenvalue weighted by atomic mass is 9.95. The molecule has 1 aliphatic heterocycles. The summed E-state index contributed by atoms with van der Waals surface area (Å²) >= 11 is 0. The van der Waals surface area contributed by atoms with Crippen LogP contribution in [0, 0.1) is 17.3 Å². The summed E-state index contributed by atoms with van der Waals surface area (Å²) in [6.45, 7) is 2.88. The van der Waals surface area contributed by atoms with Gasteiger partial charge in [-0.15, -0.1) is 0 Å². The number of rotatable bonds is 8. The molecule has 0 radical (unpaired) electrons. The Morgan fingerprint density at radius 3 is 2.72 bits per heavy atom. The van der Waals surface area contributed by atoms with Crippen molar-refractivity contribution < 1.29 is 9.13 Å². The Morgan fingerprint density at radius 2 is 1.97 bits per heavy atom. The molecule has 3 aromatic rings. The Labute approximate surface area is 185 Å². The molecule has 4 N–H and O–H groups in total. The molecule has 1 fully saturated rings. The first-order chi connectivity index (χ1) is 15.6. The molecule has 1 aliphatic rings. The molecule has 8 heteroatoms. The van der Waals surface area contributed by atoms with Crippen LogP contribution in [0.25, 0.3) is 16.6 Å². The van der Waals surface area contributed by atoms with E-state index in [1.807, 2.05) is 24.3 Å². The minimum absolute atomic E-state index is 0.139. The fourth-order valence-electron chi connectivity index (χ4n) is 3.85. The molecule has 7 nitrogen and oxygen atoms in total. The number of aromatic amines is 1. The van der Waals surface area contributed by atoms with Crippen molar-refractivity contribution in [3.63, 3.8) is 0 Å². The molecule has 4 rings (SSSR count). The number of aromatic nitrogens is 1. The van der Waals surface area contributed by atoms with Crippen LogP contribution in [0.2, 0.25) is 0 Å². The van der Waals surface area contributed by atoms with Crippen molar-refractivity contribution in [2.75, 3.05) is 25.0 Å². The minimum atomic E-state index is -0.403. The quantitative estimate of drug-likeness (QED) is 0.379. The normalized spacial score (nSPS) is 15.0. The highest BCUT2D eigenvalue weighted by molar-refractivity contribution is 5.82. The third-order valence-electron chi connectivity index (χ3n) is 5.69. The number of fused-ring (bicyclic) bond motifs is 1. The first-order valence-electron chi connectivity index (χ1n) is 10.7. The lowest BCUT2D eigenvalue weighted by Crippen LogP contribution is -2.28. The molecule has 0 saturated carbocycles. The molecular formula is C24H26FN5O2. The first-order valence-corrected chi connectivity index (χ1v) is 10.7. The van der Waals surface area contributed by atoms with Crippen LogP contribution in [0.3, 0.4) is 0 Å². The highest BCUT2D eigenvalue weighted by Gasteiger charge is 2.13. The van der Waals surface area contributed by atoms with E-state index in [1.165, 1.54) is 43.3 Å². The van der Waals surface area contributed by atoms with Crippen LogP contribution >= 0.6 is 0 Å². The van der Waals surface area contributed by atoms with Crippen molar-refractivity contribution in [3.8, 4) is 5.75 Å². The summed E-state index contributed by atoms with van der Waals surface area (Å²) in [5.74, 6) is 1.12. The number of hydrogen-bond acceptors (Lipinski definition) is 6. The van der Waals surface area contributed by atoms with Gasteiger partial charge in [-0.1, -0.05) is 0 Å². The summed E-state index contributed by atoms with van der Waals surface area (Å²) in [5, 5.41) is 10.4. The maximum atomic E-state index is 13.5. The molecular weight excluding hydrogens is 409 g/mol. The molecule has 0 bridgehead atoms. The number of hydrogen-bond donors (Lipinski definition) is 4. The van der Waals surface area contributed by atoms with Gasteiger partial charge < -0.3 is 20.4 Å². The number of benzene rings is 2. The summed E-state index contributed by atoms with van der Waals surface area (Å²) in [7, 11) is 0. The summed E-state index contributed by atoms with van der Waals surface area (Å²) in [4.78, 5) is 15.1. The molecule has 0 amide bonds. The van der Waals surface area contributed by atoms with E-state index in [1.54, 1.807) is 0 Å². The predicted molar refractivity (Wildman–Crippen MR) is 123 cm³/mol. The summed E-state index contributed by atoms with van der Waals surface area (Å²) in [6, 6.07) is 13.1. The van der Waals surface area contributed by atoms with Crippen LogP contribution in [0.4, 0.5) is 10.1 Å². The number of ether oxygens (including phenoxy) is 1. The van der Waals surface area contributed by atoms with E-state index in [9.17, 15) is 9.18 Å². The van der Waals surface area contributed by atoms with Gasteiger partial charge in [0, 0.05) is 22.8 Å². The monoisotopic (exact) mass is 435 g/mol. The van der Waals surface area contributed by atoms with Crippen LogP contribution in [0.5, 0.6) is 5.75 Å². The topological polar surface area (TPSA) is 102 Å². The largest absolute Gasteiger partial charge is 0.494 e. The standard InChI is InChI=1S/C24H26FN5O2/c25-18-1-6-22-17(13-18)14-21(24(31)29-22)23(30-26)15-28-19-2-4-20(5-3-19)32-12-9-16-7-10-27-11-8-16/h1-6,13-16,26-28H,7-12H2,(H,29,31)/b23-15-,30-26?. The van der Waals surface area contributed by atoms with Crippen LogP contribution < -0.4 is 20.9 Å². The van der Waals surface area contributed by atoms with E-state index in [4.69, 9.17) is 10.3 Å². The fraction of sp³-hybridized carbons (Fsp3) is 0.292. The van der Waals surface area contributed by atoms with Gasteiger partial charge in [0.05, 0.1) is 12.2 Å². The van der Waals surface area contributed by atoms with Crippen molar-refractivity contribution in [2.24, 2.45) is 11.0 Å². The zero-order chi connectivity index (χ0) is 22.3. The number of anilines is 1. The Morgan fingerprint density at radius 1 is 1.19 bits per heavy atom. The maximum Gasteiger partial charge on any atom is 0.258 e. The Kier molecular flexibility index (Phi) is 6.91. The fourth-order valence-corrected chi connectivity index (χ4v) is 3.85. The molecule has 0 unspecified atom stereocenters. The average molecular weight is 436 g/mol. The predicted octanol–water partition coefficient (Wildman–Crippen LogP) is 4.88. The third kappa shape index (κ3) is 5.39. The van der Waals surface area contributed by atoms with Gasteiger partial charge in [0.1, 0.15) is 17.3 Å². The molecule has 2 aromatic carbocycles. The van der Waals surface area contributed by atoms with Gasteiger partial charge in [-0.2, -0.15) is 5.11 Å². The van der Waals surface area contributed by atoms with Crippen molar-refractivity contribution in [1.29, 1.82) is 5.53 Å². The number of halogens is 1. The smallest absolute Gasteiger partial charge is 0.258 e. The summed E-state index contributed by atoms with van der Waals surface area (Å²) < 4.78 is 19.4. The van der Waals surface area contributed by atoms with Crippen molar-refractivity contribution in [1.82, 2.24) is 10.3 Å². The molecule has 0 spiro atoms. The van der Waals surface area contributed by atoms with Gasteiger partial charge in [0.2, 0.25) is 0 Å². The van der Waals surface area contributed by atoms with Gasteiger partial charge in [-0.25, -0.2) is 9.92 Å². The molecule has 0 aliphatic carbocycles. The van der Waals surface area contributed by atoms with Crippen LogP contribution in [-0.2, 0) is 0 Å². The number of nitrogens with one attached hydrogen (secondary N) is 4. The number of nitrogens with zero attached hydrogens (tertiary/aromatic N) is 1. The third-order valence-corrected chi connectivity index (χ3v) is 5.69. The Bertz CT molecular complexity index is 1170. The first kappa shape index (κ1) is 21.7. The second-order valence-electron chi connectivity index (χ2n) is 7.88. The van der Waals surface area contributed by atoms with E-state index in [2.05, 4.69) is 20.7 Å². The maximum absolute atomic E-state index is 13.5. The molecule has 2 heterocycles. The molecule has 0 atom stereocenters. The number of H-pyrrole nitrogens is 1. The summed E-state index contributed by atoms with van der Waals surface area (Å²) in [5.41, 5.74) is 8.68. The van der Waals surface area contributed by atoms with Crippen molar-refractivity contribution in [2.45, 2.75) is 19.3 Å². The highest BCUT2D eigenvalue weighted by atomic mass is 19.1. The van der Waals surface area contributed by atoms with Crippen LogP contribution in [-0.4, -0.2) is 24.7 Å². The Hall–Kier alpha value is -3.52. The number of pyridine rings is 1. The molecule has 1 aromatic heterocycles. The van der Waals surface area contributed by atoms with Gasteiger partial charge in [0.25, 0.3) is 5.56 Å². The van der Waals surface area contributed by atoms with Gasteiger partial charge in [0.15, 0.2) is 0 Å². The van der Waals surface area contributed by atoms with Crippen molar-refractivity contribution in [3.05, 3.63) is 76.5 Å². The molecule has 1 saturated heterocycles. The average Bonchev–Trinajstić information content (AvgIpc) is 2.81. The zero-order valence-electron chi connectivity index (χ0n) is 17.7. The molecule has 32 heavy (non-hydrogen) atoms. The van der Waals surface area contributed by atoms with E-state index >= 15 is 0 Å². The second-order valence-corrected chi connectivity index (χ2v) is 7.88.